The summed E-state index contributed by atoms with van der Waals surface area (Å²) in [5, 5.41) is 11.5. The van der Waals surface area contributed by atoms with Gasteiger partial charge in [-0.25, -0.2) is 13.6 Å². The molecule has 2 aromatic carbocycles. The van der Waals surface area contributed by atoms with E-state index in [0.29, 0.717) is 0 Å². The summed E-state index contributed by atoms with van der Waals surface area (Å²) in [5.74, 6) is -2.99. The Bertz CT molecular complexity index is 853. The largest absolute Gasteiger partial charge is 0.497 e. The molecule has 1 heterocycles. The zero-order chi connectivity index (χ0) is 20.3. The van der Waals surface area contributed by atoms with Crippen LogP contribution in [0.15, 0.2) is 42.5 Å². The van der Waals surface area contributed by atoms with Gasteiger partial charge in [-0.2, -0.15) is 0 Å². The van der Waals surface area contributed by atoms with Gasteiger partial charge in [-0.05, 0) is 5.56 Å². The average Bonchev–Trinajstić information content (AvgIpc) is 2.65. The molecular formula is C20H20F2N2O4. The van der Waals surface area contributed by atoms with Gasteiger partial charge < -0.3 is 20.1 Å². The summed E-state index contributed by atoms with van der Waals surface area (Å²) in [7, 11) is 1.29. The number of hydrogen-bond donors (Lipinski definition) is 2. The molecule has 0 spiro atoms. The molecule has 3 rings (SSSR count). The van der Waals surface area contributed by atoms with Crippen LogP contribution >= 0.6 is 0 Å². The zero-order valence-corrected chi connectivity index (χ0v) is 15.2. The molecule has 1 saturated heterocycles. The minimum absolute atomic E-state index is 0.00864. The van der Waals surface area contributed by atoms with Crippen LogP contribution in [0.5, 0.6) is 5.75 Å². The summed E-state index contributed by atoms with van der Waals surface area (Å²) in [6.07, 6.45) is -1.53. The van der Waals surface area contributed by atoms with E-state index in [0.717, 1.165) is 17.7 Å². The van der Waals surface area contributed by atoms with Crippen molar-refractivity contribution in [1.29, 1.82) is 0 Å². The van der Waals surface area contributed by atoms with Crippen LogP contribution in [-0.2, 0) is 11.3 Å². The first kappa shape index (κ1) is 19.6. The Morgan fingerprint density at radius 3 is 2.46 bits per heavy atom. The second-order valence-corrected chi connectivity index (χ2v) is 6.63. The maximum absolute atomic E-state index is 14.5. The van der Waals surface area contributed by atoms with Crippen LogP contribution in [0.1, 0.15) is 23.5 Å². The van der Waals surface area contributed by atoms with E-state index in [4.69, 9.17) is 4.74 Å². The molecule has 1 fully saturated rings. The van der Waals surface area contributed by atoms with E-state index in [1.807, 2.05) is 30.3 Å². The summed E-state index contributed by atoms with van der Waals surface area (Å²) in [6.45, 7) is 0.299. The van der Waals surface area contributed by atoms with Crippen LogP contribution in [-0.4, -0.2) is 41.7 Å². The molecule has 1 aliphatic rings. The summed E-state index contributed by atoms with van der Waals surface area (Å²) < 4.78 is 33.9. The minimum atomic E-state index is -1.32. The number of benzene rings is 2. The number of amides is 2. The average molecular weight is 390 g/mol. The number of likely N-dealkylation sites (tertiary alicyclic amines) is 1. The monoisotopic (exact) mass is 390 g/mol. The Morgan fingerprint density at radius 1 is 1.25 bits per heavy atom. The second-order valence-electron chi connectivity index (χ2n) is 6.63. The number of nitrogens with one attached hydrogen (secondary N) is 1. The normalized spacial score (nSPS) is 19.4. The molecule has 1 aliphatic heterocycles. The third-order valence-corrected chi connectivity index (χ3v) is 4.83. The van der Waals surface area contributed by atoms with E-state index in [1.54, 1.807) is 0 Å². The van der Waals surface area contributed by atoms with E-state index in [2.05, 4.69) is 5.32 Å². The predicted molar refractivity (Wildman–Crippen MR) is 97.1 cm³/mol. The highest BCUT2D eigenvalue weighted by Crippen LogP contribution is 2.35. The maximum atomic E-state index is 14.5. The third-order valence-electron chi connectivity index (χ3n) is 4.83. The van der Waals surface area contributed by atoms with Crippen molar-refractivity contribution < 1.29 is 28.2 Å². The van der Waals surface area contributed by atoms with Crippen molar-refractivity contribution in [2.45, 2.75) is 24.9 Å². The minimum Gasteiger partial charge on any atom is -0.497 e. The number of hydrogen-bond acceptors (Lipinski definition) is 3. The number of piperidine rings is 1. The number of carbonyl (C=O) groups excluding carboxylic acids is 1. The number of nitrogens with zero attached hydrogens (tertiary/aromatic N) is 1. The number of carboxylic acid groups (broad SMARTS) is 1. The van der Waals surface area contributed by atoms with Crippen molar-refractivity contribution in [2.75, 3.05) is 13.7 Å². The third kappa shape index (κ3) is 4.21. The first-order valence-electron chi connectivity index (χ1n) is 8.73. The first-order valence-corrected chi connectivity index (χ1v) is 8.73. The van der Waals surface area contributed by atoms with Gasteiger partial charge in [-0.15, -0.1) is 0 Å². The Kier molecular flexibility index (Phi) is 5.77. The molecule has 0 aromatic heterocycles. The topological polar surface area (TPSA) is 78.9 Å². The summed E-state index contributed by atoms with van der Waals surface area (Å²) in [6, 6.07) is 10.4. The highest BCUT2D eigenvalue weighted by molar-refractivity contribution is 5.79. The SMILES string of the molecule is COc1cc(F)c(C2CC(=O)N(Cc3ccccc3)CC2NC(=O)O)c(F)c1. The summed E-state index contributed by atoms with van der Waals surface area (Å²) in [4.78, 5) is 25.4. The molecule has 6 nitrogen and oxygen atoms in total. The summed E-state index contributed by atoms with van der Waals surface area (Å²) >= 11 is 0. The Labute approximate surface area is 160 Å². The van der Waals surface area contributed by atoms with Gasteiger partial charge in [0.25, 0.3) is 0 Å². The fraction of sp³-hybridized carbons (Fsp3) is 0.300. The molecule has 2 atom stereocenters. The van der Waals surface area contributed by atoms with Crippen molar-refractivity contribution in [3.8, 4) is 5.75 Å². The fourth-order valence-electron chi connectivity index (χ4n) is 3.52. The van der Waals surface area contributed by atoms with E-state index in [9.17, 15) is 23.5 Å². The predicted octanol–water partition coefficient (Wildman–Crippen LogP) is 3.13. The van der Waals surface area contributed by atoms with Crippen molar-refractivity contribution >= 4 is 12.0 Å². The van der Waals surface area contributed by atoms with Crippen LogP contribution in [0.3, 0.4) is 0 Å². The number of rotatable bonds is 5. The molecule has 0 radical (unpaired) electrons. The van der Waals surface area contributed by atoms with Gasteiger partial charge in [0.05, 0.1) is 13.2 Å². The second kappa shape index (κ2) is 8.24. The highest BCUT2D eigenvalue weighted by Gasteiger charge is 2.39. The lowest BCUT2D eigenvalue weighted by atomic mass is 9.84. The molecule has 0 aliphatic carbocycles. The number of halogens is 2. The van der Waals surface area contributed by atoms with E-state index in [1.165, 1.54) is 12.0 Å². The van der Waals surface area contributed by atoms with Gasteiger partial charge in [0.15, 0.2) is 0 Å². The lowest BCUT2D eigenvalue weighted by Gasteiger charge is -2.38. The molecule has 148 valence electrons. The van der Waals surface area contributed by atoms with Gasteiger partial charge in [-0.1, -0.05) is 30.3 Å². The van der Waals surface area contributed by atoms with E-state index in [-0.39, 0.29) is 36.7 Å². The van der Waals surface area contributed by atoms with Crippen LogP contribution in [0.4, 0.5) is 13.6 Å². The number of ether oxygens (including phenoxy) is 1. The number of methoxy groups -OCH3 is 1. The van der Waals surface area contributed by atoms with Gasteiger partial charge >= 0.3 is 6.09 Å². The van der Waals surface area contributed by atoms with Crippen molar-refractivity contribution in [3.63, 3.8) is 0 Å². The van der Waals surface area contributed by atoms with E-state index < -0.39 is 29.7 Å². The lowest BCUT2D eigenvalue weighted by Crippen LogP contribution is -2.53. The Morgan fingerprint density at radius 2 is 1.89 bits per heavy atom. The Hall–Kier alpha value is -3.16. The first-order chi connectivity index (χ1) is 13.4. The van der Waals surface area contributed by atoms with Gasteiger partial charge in [0, 0.05) is 43.1 Å². The molecule has 28 heavy (non-hydrogen) atoms. The van der Waals surface area contributed by atoms with Gasteiger partial charge in [0.2, 0.25) is 5.91 Å². The zero-order valence-electron chi connectivity index (χ0n) is 15.2. The van der Waals surface area contributed by atoms with Crippen molar-refractivity contribution in [3.05, 3.63) is 65.2 Å². The van der Waals surface area contributed by atoms with Crippen molar-refractivity contribution in [1.82, 2.24) is 10.2 Å². The lowest BCUT2D eigenvalue weighted by molar-refractivity contribution is -0.135. The van der Waals surface area contributed by atoms with Crippen LogP contribution in [0.2, 0.25) is 0 Å². The van der Waals surface area contributed by atoms with Crippen LogP contribution < -0.4 is 10.1 Å². The van der Waals surface area contributed by atoms with Crippen LogP contribution in [0, 0.1) is 11.6 Å². The quantitative estimate of drug-likeness (QED) is 0.822. The Balaban J connectivity index is 1.90. The molecule has 0 saturated carbocycles. The molecular weight excluding hydrogens is 370 g/mol. The van der Waals surface area contributed by atoms with Gasteiger partial charge in [0.1, 0.15) is 17.4 Å². The molecule has 2 aromatic rings. The smallest absolute Gasteiger partial charge is 0.404 e. The standard InChI is InChI=1S/C20H20F2N2O4/c1-28-13-7-15(21)19(16(22)8-13)14-9-18(25)24(11-17(14)23-20(26)27)10-12-5-3-2-4-6-12/h2-8,14,17,23H,9-11H2,1H3,(H,26,27). The van der Waals surface area contributed by atoms with E-state index >= 15 is 0 Å². The molecule has 2 amide bonds. The molecule has 0 bridgehead atoms. The summed E-state index contributed by atoms with van der Waals surface area (Å²) in [5.41, 5.74) is 0.567. The molecule has 2 unspecified atom stereocenters. The molecule has 2 N–H and O–H groups in total. The molecule has 8 heteroatoms. The highest BCUT2D eigenvalue weighted by atomic mass is 19.1. The fourth-order valence-corrected chi connectivity index (χ4v) is 3.52. The number of carbonyl (C=O) groups is 2. The van der Waals surface area contributed by atoms with Crippen molar-refractivity contribution in [2.24, 2.45) is 0 Å². The maximum Gasteiger partial charge on any atom is 0.404 e. The van der Waals surface area contributed by atoms with Gasteiger partial charge in [-0.3, -0.25) is 4.79 Å². The van der Waals surface area contributed by atoms with Crippen LogP contribution in [0.25, 0.3) is 0 Å².